The molecule has 0 amide bonds. The van der Waals surface area contributed by atoms with Gasteiger partial charge in [-0.1, -0.05) is 6.07 Å². The summed E-state index contributed by atoms with van der Waals surface area (Å²) in [6.07, 6.45) is 4.20. The molecular formula is C12H15N3O. The van der Waals surface area contributed by atoms with E-state index >= 15 is 0 Å². The molecule has 84 valence electrons. The van der Waals surface area contributed by atoms with Crippen molar-refractivity contribution in [1.82, 2.24) is 10.4 Å². The normalized spacial score (nSPS) is 12.6. The molecule has 0 aromatic carbocycles. The second kappa shape index (κ2) is 4.92. The first-order valence-electron chi connectivity index (χ1n) is 5.21. The first-order chi connectivity index (χ1) is 7.81. The van der Waals surface area contributed by atoms with Crippen molar-refractivity contribution < 1.29 is 4.42 Å². The highest BCUT2D eigenvalue weighted by Gasteiger charge is 2.15. The van der Waals surface area contributed by atoms with E-state index in [-0.39, 0.29) is 6.04 Å². The van der Waals surface area contributed by atoms with Crippen LogP contribution >= 0.6 is 0 Å². The predicted octanol–water partition coefficient (Wildman–Crippen LogP) is 1.73. The van der Waals surface area contributed by atoms with Crippen LogP contribution in [-0.4, -0.2) is 4.98 Å². The molecule has 0 bridgehead atoms. The van der Waals surface area contributed by atoms with Gasteiger partial charge < -0.3 is 4.42 Å². The SMILES string of the molecule is Cc1occc1C(Cc1ccccn1)NN. The lowest BCUT2D eigenvalue weighted by Gasteiger charge is -2.14. The summed E-state index contributed by atoms with van der Waals surface area (Å²) in [5.74, 6) is 6.45. The summed E-state index contributed by atoms with van der Waals surface area (Å²) in [5.41, 5.74) is 4.88. The molecule has 0 spiro atoms. The maximum absolute atomic E-state index is 5.56. The standard InChI is InChI=1S/C12H15N3O/c1-9-11(5-7-16-9)12(15-13)8-10-4-2-3-6-14-10/h2-7,12,15H,8,13H2,1H3. The fourth-order valence-corrected chi connectivity index (χ4v) is 1.74. The number of nitrogens with two attached hydrogens (primary N) is 1. The van der Waals surface area contributed by atoms with Gasteiger partial charge in [0.15, 0.2) is 0 Å². The topological polar surface area (TPSA) is 64.1 Å². The summed E-state index contributed by atoms with van der Waals surface area (Å²) >= 11 is 0. The van der Waals surface area contributed by atoms with E-state index in [9.17, 15) is 0 Å². The Morgan fingerprint density at radius 2 is 2.31 bits per heavy atom. The summed E-state index contributed by atoms with van der Waals surface area (Å²) in [6, 6.07) is 7.83. The molecule has 4 heteroatoms. The number of hydrogen-bond acceptors (Lipinski definition) is 4. The fourth-order valence-electron chi connectivity index (χ4n) is 1.74. The number of furan rings is 1. The summed E-state index contributed by atoms with van der Waals surface area (Å²) in [5, 5.41) is 0. The van der Waals surface area contributed by atoms with E-state index in [0.29, 0.717) is 0 Å². The molecule has 0 saturated carbocycles. The molecule has 0 aliphatic heterocycles. The number of aromatic nitrogens is 1. The van der Waals surface area contributed by atoms with Crippen molar-refractivity contribution in [1.29, 1.82) is 0 Å². The van der Waals surface area contributed by atoms with Crippen LogP contribution < -0.4 is 11.3 Å². The average Bonchev–Trinajstić information content (AvgIpc) is 2.74. The van der Waals surface area contributed by atoms with Gasteiger partial charge in [-0.2, -0.15) is 0 Å². The molecule has 3 N–H and O–H groups in total. The van der Waals surface area contributed by atoms with Crippen LogP contribution in [0, 0.1) is 6.92 Å². The molecule has 0 fully saturated rings. The summed E-state index contributed by atoms with van der Waals surface area (Å²) in [7, 11) is 0. The van der Waals surface area contributed by atoms with Gasteiger partial charge >= 0.3 is 0 Å². The van der Waals surface area contributed by atoms with E-state index in [1.54, 1.807) is 12.5 Å². The summed E-state index contributed by atoms with van der Waals surface area (Å²) < 4.78 is 5.27. The van der Waals surface area contributed by atoms with Gasteiger partial charge in [0.05, 0.1) is 12.3 Å². The molecular weight excluding hydrogens is 202 g/mol. The van der Waals surface area contributed by atoms with Gasteiger partial charge in [-0.15, -0.1) is 0 Å². The lowest BCUT2D eigenvalue weighted by atomic mass is 10.0. The average molecular weight is 217 g/mol. The number of rotatable bonds is 4. The molecule has 0 saturated heterocycles. The Morgan fingerprint density at radius 1 is 1.44 bits per heavy atom. The van der Waals surface area contributed by atoms with Crippen LogP contribution in [0.25, 0.3) is 0 Å². The smallest absolute Gasteiger partial charge is 0.105 e. The van der Waals surface area contributed by atoms with Crippen molar-refractivity contribution in [2.45, 2.75) is 19.4 Å². The molecule has 1 unspecified atom stereocenters. The Kier molecular flexibility index (Phi) is 3.34. The maximum Gasteiger partial charge on any atom is 0.105 e. The molecule has 0 aliphatic carbocycles. The zero-order valence-corrected chi connectivity index (χ0v) is 9.18. The van der Waals surface area contributed by atoms with Crippen LogP contribution in [0.15, 0.2) is 41.1 Å². The molecule has 2 rings (SSSR count). The zero-order chi connectivity index (χ0) is 11.4. The molecule has 4 nitrogen and oxygen atoms in total. The Labute approximate surface area is 94.5 Å². The second-order valence-corrected chi connectivity index (χ2v) is 3.68. The van der Waals surface area contributed by atoms with E-state index < -0.39 is 0 Å². The molecule has 2 aromatic heterocycles. The van der Waals surface area contributed by atoms with Gasteiger partial charge in [0.1, 0.15) is 5.76 Å². The number of nitrogens with one attached hydrogen (secondary N) is 1. The Balaban J connectivity index is 2.16. The fraction of sp³-hybridized carbons (Fsp3) is 0.250. The molecule has 1 atom stereocenters. The van der Waals surface area contributed by atoms with Gasteiger partial charge in [-0.05, 0) is 25.1 Å². The number of nitrogens with zero attached hydrogens (tertiary/aromatic N) is 1. The van der Waals surface area contributed by atoms with Crippen molar-refractivity contribution in [3.05, 3.63) is 53.7 Å². The van der Waals surface area contributed by atoms with E-state index in [2.05, 4.69) is 10.4 Å². The Morgan fingerprint density at radius 3 is 2.88 bits per heavy atom. The monoisotopic (exact) mass is 217 g/mol. The van der Waals surface area contributed by atoms with Crippen LogP contribution in [0.5, 0.6) is 0 Å². The largest absolute Gasteiger partial charge is 0.469 e. The van der Waals surface area contributed by atoms with Crippen LogP contribution in [0.2, 0.25) is 0 Å². The molecule has 0 aliphatic rings. The van der Waals surface area contributed by atoms with E-state index in [1.807, 2.05) is 31.2 Å². The van der Waals surface area contributed by atoms with E-state index in [4.69, 9.17) is 10.3 Å². The van der Waals surface area contributed by atoms with Crippen LogP contribution in [0.1, 0.15) is 23.1 Å². The quantitative estimate of drug-likeness (QED) is 0.604. The van der Waals surface area contributed by atoms with E-state index in [1.165, 1.54) is 0 Å². The summed E-state index contributed by atoms with van der Waals surface area (Å²) in [6.45, 7) is 1.93. The van der Waals surface area contributed by atoms with Crippen LogP contribution in [-0.2, 0) is 6.42 Å². The lowest BCUT2D eigenvalue weighted by Crippen LogP contribution is -2.29. The Bertz CT molecular complexity index is 439. The lowest BCUT2D eigenvalue weighted by molar-refractivity contribution is 0.500. The van der Waals surface area contributed by atoms with Crippen molar-refractivity contribution in [3.8, 4) is 0 Å². The van der Waals surface area contributed by atoms with Crippen molar-refractivity contribution >= 4 is 0 Å². The third-order valence-corrected chi connectivity index (χ3v) is 2.61. The highest BCUT2D eigenvalue weighted by atomic mass is 16.3. The molecule has 2 aromatic rings. The highest BCUT2D eigenvalue weighted by Crippen LogP contribution is 2.20. The molecule has 0 radical (unpaired) electrons. The number of aryl methyl sites for hydroxylation is 1. The first kappa shape index (κ1) is 10.9. The zero-order valence-electron chi connectivity index (χ0n) is 9.18. The van der Waals surface area contributed by atoms with Crippen LogP contribution in [0.4, 0.5) is 0 Å². The minimum Gasteiger partial charge on any atom is -0.469 e. The van der Waals surface area contributed by atoms with Gasteiger partial charge in [0.2, 0.25) is 0 Å². The number of pyridine rings is 1. The van der Waals surface area contributed by atoms with Gasteiger partial charge in [0, 0.05) is 23.9 Å². The molecule has 2 heterocycles. The van der Waals surface area contributed by atoms with E-state index in [0.717, 1.165) is 23.4 Å². The number of hydrazine groups is 1. The van der Waals surface area contributed by atoms with Gasteiger partial charge in [-0.3, -0.25) is 16.3 Å². The van der Waals surface area contributed by atoms with Crippen molar-refractivity contribution in [2.24, 2.45) is 5.84 Å². The predicted molar refractivity (Wildman–Crippen MR) is 61.5 cm³/mol. The third-order valence-electron chi connectivity index (χ3n) is 2.61. The second-order valence-electron chi connectivity index (χ2n) is 3.68. The first-order valence-corrected chi connectivity index (χ1v) is 5.21. The minimum atomic E-state index is 0.0358. The van der Waals surface area contributed by atoms with Crippen LogP contribution in [0.3, 0.4) is 0 Å². The summed E-state index contributed by atoms with van der Waals surface area (Å²) in [4.78, 5) is 4.28. The Hall–Kier alpha value is -1.65. The number of hydrogen-bond donors (Lipinski definition) is 2. The third kappa shape index (κ3) is 2.29. The van der Waals surface area contributed by atoms with Crippen molar-refractivity contribution in [2.75, 3.05) is 0 Å². The van der Waals surface area contributed by atoms with Gasteiger partial charge in [-0.25, -0.2) is 0 Å². The van der Waals surface area contributed by atoms with Gasteiger partial charge in [0.25, 0.3) is 0 Å². The minimum absolute atomic E-state index is 0.0358. The maximum atomic E-state index is 5.56. The van der Waals surface area contributed by atoms with Crippen molar-refractivity contribution in [3.63, 3.8) is 0 Å². The molecule has 16 heavy (non-hydrogen) atoms. The highest BCUT2D eigenvalue weighted by molar-refractivity contribution is 5.22.